The lowest BCUT2D eigenvalue weighted by molar-refractivity contribution is -0.00789. The minimum Gasteiger partial charge on any atom is -0.478 e. The summed E-state index contributed by atoms with van der Waals surface area (Å²) in [5.41, 5.74) is -0.701. The summed E-state index contributed by atoms with van der Waals surface area (Å²) in [7, 11) is -4.53. The first-order chi connectivity index (χ1) is 6.86. The predicted molar refractivity (Wildman–Crippen MR) is 45.0 cm³/mol. The average Bonchev–Trinajstić information content (AvgIpc) is 2.15. The molecule has 0 unspecified atom stereocenters. The molecule has 8 heteroatoms. The number of halogens is 1. The summed E-state index contributed by atoms with van der Waals surface area (Å²) in [5, 5.41) is 8.56. The smallest absolute Gasteiger partial charge is 0.339 e. The Morgan fingerprint density at radius 3 is 2.40 bits per heavy atom. The van der Waals surface area contributed by atoms with Gasteiger partial charge in [-0.05, 0) is 18.2 Å². The summed E-state index contributed by atoms with van der Waals surface area (Å²) in [6.45, 7) is 0. The van der Waals surface area contributed by atoms with Crippen molar-refractivity contribution in [1.82, 2.24) is 0 Å². The van der Waals surface area contributed by atoms with Crippen LogP contribution in [0.2, 0.25) is 0 Å². The standard InChI is InChI=1S/C7H5FO6S/c8-14-6-2-1-4(15(11,12)13)3-5(6)7(9)10/h1-3H,(H,9,10)(H,11,12,13). The van der Waals surface area contributed by atoms with Crippen LogP contribution in [0.15, 0.2) is 23.1 Å². The third-order valence-corrected chi connectivity index (χ3v) is 2.41. The van der Waals surface area contributed by atoms with Gasteiger partial charge >= 0.3 is 5.97 Å². The molecule has 0 spiro atoms. The SMILES string of the molecule is O=C(O)c1cc(S(=O)(=O)O)ccc1OF. The van der Waals surface area contributed by atoms with Gasteiger partial charge < -0.3 is 5.11 Å². The third-order valence-electron chi connectivity index (χ3n) is 1.56. The summed E-state index contributed by atoms with van der Waals surface area (Å²) in [6.07, 6.45) is 0. The summed E-state index contributed by atoms with van der Waals surface area (Å²) >= 11 is 0. The van der Waals surface area contributed by atoms with Gasteiger partial charge in [-0.3, -0.25) is 9.49 Å². The zero-order chi connectivity index (χ0) is 11.6. The van der Waals surface area contributed by atoms with Crippen molar-refractivity contribution in [2.24, 2.45) is 0 Å². The number of hydrogen-bond donors (Lipinski definition) is 2. The minimum absolute atomic E-state index is 0.590. The molecule has 0 radical (unpaired) electrons. The second kappa shape index (κ2) is 3.83. The Balaban J connectivity index is 3.42. The van der Waals surface area contributed by atoms with Crippen molar-refractivity contribution < 1.29 is 32.3 Å². The highest BCUT2D eigenvalue weighted by Gasteiger charge is 2.18. The fourth-order valence-corrected chi connectivity index (χ4v) is 1.41. The lowest BCUT2D eigenvalue weighted by atomic mass is 10.2. The summed E-state index contributed by atoms with van der Waals surface area (Å²) < 4.78 is 41.7. The van der Waals surface area contributed by atoms with E-state index < -0.39 is 32.3 Å². The number of carboxylic acids is 1. The first kappa shape index (κ1) is 11.4. The maximum atomic E-state index is 11.8. The molecule has 0 atom stereocenters. The van der Waals surface area contributed by atoms with E-state index in [2.05, 4.69) is 4.94 Å². The summed E-state index contributed by atoms with van der Waals surface area (Å²) in [5.74, 6) is -2.22. The highest BCUT2D eigenvalue weighted by molar-refractivity contribution is 7.85. The van der Waals surface area contributed by atoms with Crippen LogP contribution in [0.4, 0.5) is 4.53 Å². The lowest BCUT2D eigenvalue weighted by Crippen LogP contribution is -2.04. The molecule has 2 N–H and O–H groups in total. The molecule has 1 aromatic rings. The summed E-state index contributed by atoms with van der Waals surface area (Å²) in [4.78, 5) is 13.1. The molecule has 0 aliphatic carbocycles. The largest absolute Gasteiger partial charge is 0.478 e. The number of hydrogen-bond acceptors (Lipinski definition) is 4. The van der Waals surface area contributed by atoms with E-state index in [0.717, 1.165) is 12.1 Å². The molecule has 6 nitrogen and oxygen atoms in total. The highest BCUT2D eigenvalue weighted by Crippen LogP contribution is 2.22. The van der Waals surface area contributed by atoms with E-state index in [1.54, 1.807) is 0 Å². The number of carboxylic acid groups (broad SMARTS) is 1. The predicted octanol–water partition coefficient (Wildman–Crippen LogP) is 0.895. The lowest BCUT2D eigenvalue weighted by Gasteiger charge is -2.02. The van der Waals surface area contributed by atoms with Gasteiger partial charge in [-0.2, -0.15) is 8.42 Å². The van der Waals surface area contributed by atoms with E-state index in [-0.39, 0.29) is 0 Å². The molecule has 1 rings (SSSR count). The van der Waals surface area contributed by atoms with Crippen LogP contribution >= 0.6 is 0 Å². The number of aromatic carboxylic acids is 1. The van der Waals surface area contributed by atoms with Crippen molar-refractivity contribution >= 4 is 16.1 Å². The van der Waals surface area contributed by atoms with Crippen molar-refractivity contribution in [2.75, 3.05) is 0 Å². The van der Waals surface area contributed by atoms with Crippen molar-refractivity contribution in [3.8, 4) is 5.75 Å². The molecule has 0 fully saturated rings. The van der Waals surface area contributed by atoms with Crippen LogP contribution < -0.4 is 4.94 Å². The number of rotatable bonds is 3. The van der Waals surface area contributed by atoms with Gasteiger partial charge in [-0.1, -0.05) is 0 Å². The molecule has 0 heterocycles. The van der Waals surface area contributed by atoms with Crippen LogP contribution in [0.25, 0.3) is 0 Å². The fourth-order valence-electron chi connectivity index (χ4n) is 0.904. The molecule has 82 valence electrons. The van der Waals surface area contributed by atoms with Gasteiger partial charge in [0.05, 0.1) is 4.90 Å². The van der Waals surface area contributed by atoms with Gasteiger partial charge in [-0.15, -0.1) is 0 Å². The van der Waals surface area contributed by atoms with E-state index in [4.69, 9.17) is 9.66 Å². The van der Waals surface area contributed by atoms with Crippen LogP contribution in [-0.2, 0) is 10.1 Å². The van der Waals surface area contributed by atoms with E-state index in [1.165, 1.54) is 0 Å². The van der Waals surface area contributed by atoms with E-state index in [1.807, 2.05) is 0 Å². The monoisotopic (exact) mass is 236 g/mol. The third kappa shape index (κ3) is 2.42. The zero-order valence-corrected chi connectivity index (χ0v) is 7.86. The van der Waals surface area contributed by atoms with Crippen LogP contribution in [0.1, 0.15) is 10.4 Å². The normalized spacial score (nSPS) is 11.1. The molecular weight excluding hydrogens is 231 g/mol. The molecule has 0 amide bonds. The Morgan fingerprint density at radius 1 is 1.40 bits per heavy atom. The van der Waals surface area contributed by atoms with Crippen molar-refractivity contribution in [3.63, 3.8) is 0 Å². The fraction of sp³-hybridized carbons (Fsp3) is 0. The van der Waals surface area contributed by atoms with Crippen LogP contribution in [0.3, 0.4) is 0 Å². The van der Waals surface area contributed by atoms with E-state index >= 15 is 0 Å². The van der Waals surface area contributed by atoms with E-state index in [0.29, 0.717) is 6.07 Å². The Morgan fingerprint density at radius 2 is 2.00 bits per heavy atom. The van der Waals surface area contributed by atoms with Crippen LogP contribution in [0, 0.1) is 0 Å². The van der Waals surface area contributed by atoms with Crippen molar-refractivity contribution in [1.29, 1.82) is 0 Å². The first-order valence-electron chi connectivity index (χ1n) is 3.49. The topological polar surface area (TPSA) is 101 Å². The molecule has 0 aliphatic rings. The quantitative estimate of drug-likeness (QED) is 0.756. The molecule has 15 heavy (non-hydrogen) atoms. The van der Waals surface area contributed by atoms with Gasteiger partial charge in [0.2, 0.25) is 0 Å². The Bertz CT molecular complexity index is 494. The molecule has 0 saturated carbocycles. The second-order valence-corrected chi connectivity index (χ2v) is 3.94. The summed E-state index contributed by atoms with van der Waals surface area (Å²) in [6, 6.07) is 2.19. The van der Waals surface area contributed by atoms with Gasteiger partial charge in [-0.25, -0.2) is 4.79 Å². The molecular formula is C7H5FO6S. The Labute approximate surface area is 83.6 Å². The minimum atomic E-state index is -4.53. The van der Waals surface area contributed by atoms with Crippen LogP contribution in [-0.4, -0.2) is 24.0 Å². The zero-order valence-electron chi connectivity index (χ0n) is 7.05. The van der Waals surface area contributed by atoms with E-state index in [9.17, 15) is 17.7 Å². The number of carbonyl (C=O) groups is 1. The molecule has 0 aromatic heterocycles. The van der Waals surface area contributed by atoms with Gasteiger partial charge in [0.15, 0.2) is 5.75 Å². The van der Waals surface area contributed by atoms with Crippen molar-refractivity contribution in [2.45, 2.75) is 4.90 Å². The molecule has 0 saturated heterocycles. The Hall–Kier alpha value is -1.67. The molecule has 0 aliphatic heterocycles. The maximum Gasteiger partial charge on any atom is 0.339 e. The first-order valence-corrected chi connectivity index (χ1v) is 4.93. The Kier molecular flexibility index (Phi) is 2.91. The maximum absolute atomic E-state index is 11.8. The molecule has 1 aromatic carbocycles. The second-order valence-electron chi connectivity index (χ2n) is 2.52. The van der Waals surface area contributed by atoms with Crippen LogP contribution in [0.5, 0.6) is 5.75 Å². The van der Waals surface area contributed by atoms with Crippen molar-refractivity contribution in [3.05, 3.63) is 23.8 Å². The average molecular weight is 236 g/mol. The molecule has 0 bridgehead atoms. The highest BCUT2D eigenvalue weighted by atomic mass is 32.2. The van der Waals surface area contributed by atoms with Gasteiger partial charge in [0.25, 0.3) is 10.1 Å². The van der Waals surface area contributed by atoms with Gasteiger partial charge in [0.1, 0.15) is 5.56 Å². The number of benzene rings is 1. The van der Waals surface area contributed by atoms with Gasteiger partial charge in [0, 0.05) is 4.53 Å².